The third kappa shape index (κ3) is 3.08. The van der Waals surface area contributed by atoms with Gasteiger partial charge < -0.3 is 9.26 Å². The summed E-state index contributed by atoms with van der Waals surface area (Å²) in [5.74, 6) is -0.574. The molecule has 0 spiro atoms. The lowest BCUT2D eigenvalue weighted by Gasteiger charge is -2.06. The highest BCUT2D eigenvalue weighted by Crippen LogP contribution is 2.39. The Hall–Kier alpha value is -2.16. The summed E-state index contributed by atoms with van der Waals surface area (Å²) in [7, 11) is 1.26. The highest BCUT2D eigenvalue weighted by atomic mass is 35.5. The minimum Gasteiger partial charge on any atom is -0.465 e. The van der Waals surface area contributed by atoms with Gasteiger partial charge in [-0.15, -0.1) is 10.2 Å². The summed E-state index contributed by atoms with van der Waals surface area (Å²) in [5.41, 5.74) is 0.632. The fourth-order valence-corrected chi connectivity index (χ4v) is 3.17. The van der Waals surface area contributed by atoms with Crippen molar-refractivity contribution in [1.82, 2.24) is 15.4 Å². The predicted molar refractivity (Wildman–Crippen MR) is 91.2 cm³/mol. The van der Waals surface area contributed by atoms with Crippen molar-refractivity contribution in [2.45, 2.75) is 6.92 Å². The summed E-state index contributed by atoms with van der Waals surface area (Å²) >= 11 is 13.7. The predicted octanol–water partition coefficient (Wildman–Crippen LogP) is 4.34. The molecule has 7 nitrogen and oxygen atoms in total. The first-order valence-corrected chi connectivity index (χ1v) is 8.18. The second kappa shape index (κ2) is 6.76. The van der Waals surface area contributed by atoms with Crippen LogP contribution in [0.2, 0.25) is 10.0 Å². The van der Waals surface area contributed by atoms with Gasteiger partial charge in [0.2, 0.25) is 11.0 Å². The van der Waals surface area contributed by atoms with E-state index in [4.69, 9.17) is 32.5 Å². The number of esters is 1. The molecule has 1 aromatic carbocycles. The van der Waals surface area contributed by atoms with Crippen LogP contribution in [0, 0.1) is 6.92 Å². The van der Waals surface area contributed by atoms with Gasteiger partial charge in [-0.05, 0) is 19.1 Å². The summed E-state index contributed by atoms with van der Waals surface area (Å²) in [6, 6.07) is 4.97. The van der Waals surface area contributed by atoms with Crippen molar-refractivity contribution in [1.29, 1.82) is 0 Å². The van der Waals surface area contributed by atoms with Crippen molar-refractivity contribution in [2.75, 3.05) is 12.4 Å². The lowest BCUT2D eigenvalue weighted by Crippen LogP contribution is -2.05. The summed E-state index contributed by atoms with van der Waals surface area (Å²) in [6.07, 6.45) is 0. The van der Waals surface area contributed by atoms with E-state index in [9.17, 15) is 4.79 Å². The number of rotatable bonds is 4. The standard InChI is InChI=1S/C14H10Cl2N4O3S/c1-6-18-19-14(24-6)17-12-10(13(21)22-2)11(20-23-12)9-7(15)4-3-5-8(9)16/h3-5H,1-2H3,(H,17,19). The molecule has 0 saturated carbocycles. The number of benzene rings is 1. The fraction of sp³-hybridized carbons (Fsp3) is 0.143. The number of carbonyl (C=O) groups is 1. The molecule has 0 aliphatic carbocycles. The average molecular weight is 385 g/mol. The molecule has 0 radical (unpaired) electrons. The molecule has 1 N–H and O–H groups in total. The number of anilines is 2. The molecular formula is C14H10Cl2N4O3S. The molecule has 2 aromatic heterocycles. The number of hydrogen-bond acceptors (Lipinski definition) is 8. The van der Waals surface area contributed by atoms with Crippen molar-refractivity contribution in [3.63, 3.8) is 0 Å². The largest absolute Gasteiger partial charge is 0.465 e. The Labute approximate surface area is 150 Å². The molecule has 24 heavy (non-hydrogen) atoms. The molecule has 0 saturated heterocycles. The molecule has 10 heteroatoms. The first-order valence-electron chi connectivity index (χ1n) is 6.60. The van der Waals surface area contributed by atoms with Crippen LogP contribution in [-0.2, 0) is 4.74 Å². The monoisotopic (exact) mass is 384 g/mol. The maximum atomic E-state index is 12.2. The number of aromatic nitrogens is 3. The Balaban J connectivity index is 2.12. The average Bonchev–Trinajstić information content (AvgIpc) is 3.13. The smallest absolute Gasteiger partial charge is 0.345 e. The molecule has 3 aromatic rings. The zero-order chi connectivity index (χ0) is 17.3. The maximum Gasteiger partial charge on any atom is 0.345 e. The van der Waals surface area contributed by atoms with Crippen LogP contribution in [-0.4, -0.2) is 28.4 Å². The molecule has 0 aliphatic heterocycles. The van der Waals surface area contributed by atoms with Gasteiger partial charge in [0.25, 0.3) is 0 Å². The summed E-state index contributed by atoms with van der Waals surface area (Å²) < 4.78 is 10.1. The van der Waals surface area contributed by atoms with Crippen LogP contribution in [0.25, 0.3) is 11.3 Å². The zero-order valence-corrected chi connectivity index (χ0v) is 14.8. The van der Waals surface area contributed by atoms with Crippen molar-refractivity contribution in [2.24, 2.45) is 0 Å². The number of nitrogens with one attached hydrogen (secondary N) is 1. The molecular weight excluding hydrogens is 375 g/mol. The van der Waals surface area contributed by atoms with Crippen LogP contribution in [0.1, 0.15) is 15.4 Å². The Kier molecular flexibility index (Phi) is 4.70. The van der Waals surface area contributed by atoms with Gasteiger partial charge in [-0.2, -0.15) is 0 Å². The molecule has 0 unspecified atom stereocenters. The molecule has 0 bridgehead atoms. The third-order valence-corrected chi connectivity index (χ3v) is 4.41. The number of hydrogen-bond donors (Lipinski definition) is 1. The van der Waals surface area contributed by atoms with E-state index in [1.54, 1.807) is 25.1 Å². The van der Waals surface area contributed by atoms with Gasteiger partial charge in [-0.25, -0.2) is 4.79 Å². The van der Waals surface area contributed by atoms with E-state index in [0.29, 0.717) is 20.7 Å². The Morgan fingerprint density at radius 3 is 2.58 bits per heavy atom. The maximum absolute atomic E-state index is 12.2. The summed E-state index contributed by atoms with van der Waals surface area (Å²) in [4.78, 5) is 12.2. The van der Waals surface area contributed by atoms with Gasteiger partial charge in [-0.3, -0.25) is 5.32 Å². The molecule has 2 heterocycles. The van der Waals surface area contributed by atoms with Gasteiger partial charge in [0.05, 0.1) is 17.2 Å². The van der Waals surface area contributed by atoms with Gasteiger partial charge in [-0.1, -0.05) is 45.8 Å². The van der Waals surface area contributed by atoms with Crippen molar-refractivity contribution >= 4 is 51.5 Å². The van der Waals surface area contributed by atoms with Crippen molar-refractivity contribution in [3.8, 4) is 11.3 Å². The molecule has 0 fully saturated rings. The minimum atomic E-state index is -0.647. The zero-order valence-electron chi connectivity index (χ0n) is 12.5. The first-order chi connectivity index (χ1) is 11.5. The van der Waals surface area contributed by atoms with Crippen LogP contribution in [0.3, 0.4) is 0 Å². The van der Waals surface area contributed by atoms with E-state index >= 15 is 0 Å². The number of nitrogens with zero attached hydrogens (tertiary/aromatic N) is 3. The molecule has 0 atom stereocenters. The van der Waals surface area contributed by atoms with E-state index in [1.165, 1.54) is 18.4 Å². The van der Waals surface area contributed by atoms with Gasteiger partial charge in [0.1, 0.15) is 10.7 Å². The highest BCUT2D eigenvalue weighted by molar-refractivity contribution is 7.15. The normalized spacial score (nSPS) is 10.7. The number of methoxy groups -OCH3 is 1. The number of ether oxygens (including phenoxy) is 1. The highest BCUT2D eigenvalue weighted by Gasteiger charge is 2.28. The molecule has 0 aliphatic rings. The number of halogens is 2. The van der Waals surface area contributed by atoms with Crippen LogP contribution in [0.15, 0.2) is 22.7 Å². The Morgan fingerprint density at radius 1 is 1.29 bits per heavy atom. The second-order valence-electron chi connectivity index (χ2n) is 4.57. The van der Waals surface area contributed by atoms with Gasteiger partial charge >= 0.3 is 5.97 Å². The number of carbonyl (C=O) groups excluding carboxylic acids is 1. The van der Waals surface area contributed by atoms with Crippen LogP contribution in [0.5, 0.6) is 0 Å². The topological polar surface area (TPSA) is 90.1 Å². The van der Waals surface area contributed by atoms with E-state index in [2.05, 4.69) is 20.7 Å². The second-order valence-corrected chi connectivity index (χ2v) is 6.57. The molecule has 3 rings (SSSR count). The van der Waals surface area contributed by atoms with E-state index in [1.807, 2.05) is 0 Å². The van der Waals surface area contributed by atoms with Crippen LogP contribution < -0.4 is 5.32 Å². The fourth-order valence-electron chi connectivity index (χ4n) is 2.01. The quantitative estimate of drug-likeness (QED) is 0.668. The van der Waals surface area contributed by atoms with E-state index in [-0.39, 0.29) is 17.1 Å². The first kappa shape index (κ1) is 16.7. The summed E-state index contributed by atoms with van der Waals surface area (Å²) in [5, 5.41) is 16.5. The lowest BCUT2D eigenvalue weighted by atomic mass is 10.1. The molecule has 0 amide bonds. The van der Waals surface area contributed by atoms with E-state index in [0.717, 1.165) is 5.01 Å². The Morgan fingerprint density at radius 2 is 2.00 bits per heavy atom. The van der Waals surface area contributed by atoms with Crippen molar-refractivity contribution < 1.29 is 14.1 Å². The Bertz CT molecular complexity index is 889. The SMILES string of the molecule is COC(=O)c1c(-c2c(Cl)cccc2Cl)noc1Nc1nnc(C)s1. The lowest BCUT2D eigenvalue weighted by molar-refractivity contribution is 0.0602. The van der Waals surface area contributed by atoms with E-state index < -0.39 is 5.97 Å². The van der Waals surface area contributed by atoms with Gasteiger partial charge in [0, 0.05) is 5.56 Å². The number of aryl methyl sites for hydroxylation is 1. The summed E-state index contributed by atoms with van der Waals surface area (Å²) in [6.45, 7) is 1.80. The molecule has 124 valence electrons. The van der Waals surface area contributed by atoms with Gasteiger partial charge in [0.15, 0.2) is 5.56 Å². The van der Waals surface area contributed by atoms with Crippen LogP contribution in [0.4, 0.5) is 11.0 Å². The third-order valence-electron chi connectivity index (χ3n) is 3.03. The minimum absolute atomic E-state index is 0.0698. The van der Waals surface area contributed by atoms with Crippen molar-refractivity contribution in [3.05, 3.63) is 38.8 Å². The van der Waals surface area contributed by atoms with Crippen LogP contribution >= 0.6 is 34.5 Å².